The largest absolute Gasteiger partial charge is 0.481 e. The van der Waals surface area contributed by atoms with Crippen molar-refractivity contribution in [1.29, 1.82) is 0 Å². The quantitative estimate of drug-likeness (QED) is 0.533. The lowest BCUT2D eigenvalue weighted by Crippen LogP contribution is -2.39. The van der Waals surface area contributed by atoms with Gasteiger partial charge in [-0.25, -0.2) is 0 Å². The van der Waals surface area contributed by atoms with E-state index in [1.807, 2.05) is 0 Å². The Morgan fingerprint density at radius 2 is 1.69 bits per heavy atom. The van der Waals surface area contributed by atoms with Gasteiger partial charge in [-0.3, -0.25) is 9.59 Å². The van der Waals surface area contributed by atoms with Crippen LogP contribution in [0.4, 0.5) is 0 Å². The molecule has 3 aliphatic carbocycles. The highest BCUT2D eigenvalue weighted by molar-refractivity contribution is 5.77. The summed E-state index contributed by atoms with van der Waals surface area (Å²) in [7, 11) is 0. The summed E-state index contributed by atoms with van der Waals surface area (Å²) in [5.74, 6) is -0.963. The minimum absolute atomic E-state index is 0.0880. The normalized spacial score (nSPS) is 50.3. The molecule has 3 heterocycles. The Hall–Kier alpha value is -1.18. The van der Waals surface area contributed by atoms with E-state index in [2.05, 4.69) is 0 Å². The number of ether oxygens (including phenoxy) is 4. The molecule has 0 aromatic heterocycles. The second-order valence-electron chi connectivity index (χ2n) is 10.0. The lowest BCUT2D eigenvalue weighted by Gasteiger charge is -2.33. The molecule has 1 N–H and O–H groups in total. The second-order valence-corrected chi connectivity index (χ2v) is 10.0. The lowest BCUT2D eigenvalue weighted by molar-refractivity contribution is -0.161. The number of aliphatic carboxylic acids is 1. The van der Waals surface area contributed by atoms with Gasteiger partial charge in [0, 0.05) is 0 Å². The zero-order valence-corrected chi connectivity index (χ0v) is 16.6. The van der Waals surface area contributed by atoms with E-state index in [9.17, 15) is 14.7 Å². The van der Waals surface area contributed by atoms with Crippen molar-refractivity contribution >= 4 is 11.9 Å². The molecule has 0 aromatic carbocycles. The summed E-state index contributed by atoms with van der Waals surface area (Å²) in [6.07, 6.45) is 9.43. The third kappa shape index (κ3) is 3.49. The average Bonchev–Trinajstić information content (AvgIpc) is 3.59. The topological polar surface area (TPSA) is 101 Å². The van der Waals surface area contributed by atoms with Crippen molar-refractivity contribution in [1.82, 2.24) is 0 Å². The van der Waals surface area contributed by atoms with Gasteiger partial charge in [-0.15, -0.1) is 0 Å². The fraction of sp³-hybridized carbons (Fsp3) is 0.909. The summed E-state index contributed by atoms with van der Waals surface area (Å²) < 4.78 is 23.3. The van der Waals surface area contributed by atoms with Crippen molar-refractivity contribution in [3.63, 3.8) is 0 Å². The Labute approximate surface area is 170 Å². The Balaban J connectivity index is 1.12. The highest BCUT2D eigenvalue weighted by atomic mass is 16.6. The number of carbonyl (C=O) groups is 2. The Morgan fingerprint density at radius 1 is 0.862 bits per heavy atom. The van der Waals surface area contributed by atoms with Gasteiger partial charge in [-0.1, -0.05) is 6.42 Å². The number of carbonyl (C=O) groups excluding carboxylic acids is 1. The van der Waals surface area contributed by atoms with Gasteiger partial charge >= 0.3 is 11.9 Å². The first-order valence-electron chi connectivity index (χ1n) is 11.5. The van der Waals surface area contributed by atoms with Crippen LogP contribution in [0.1, 0.15) is 57.8 Å². The summed E-state index contributed by atoms with van der Waals surface area (Å²) in [5, 5.41) is 9.30. The molecule has 0 spiro atoms. The van der Waals surface area contributed by atoms with Crippen LogP contribution in [-0.4, -0.2) is 59.8 Å². The first-order chi connectivity index (χ1) is 14.1. The molecule has 0 amide bonds. The minimum atomic E-state index is -0.820. The molecule has 0 radical (unpaired) electrons. The van der Waals surface area contributed by atoms with Gasteiger partial charge in [0.15, 0.2) is 0 Å². The molecular formula is C22H30O7. The molecule has 160 valence electrons. The van der Waals surface area contributed by atoms with E-state index in [1.165, 1.54) is 12.8 Å². The average molecular weight is 406 g/mol. The van der Waals surface area contributed by atoms with Crippen molar-refractivity contribution in [2.45, 2.75) is 101 Å². The Kier molecular flexibility index (Phi) is 4.44. The highest BCUT2D eigenvalue weighted by Crippen LogP contribution is 2.48. The van der Waals surface area contributed by atoms with E-state index in [-0.39, 0.29) is 30.2 Å². The van der Waals surface area contributed by atoms with Crippen molar-refractivity contribution in [3.8, 4) is 0 Å². The van der Waals surface area contributed by atoms with Gasteiger partial charge in [0.1, 0.15) is 6.10 Å². The molecule has 7 nitrogen and oxygen atoms in total. The van der Waals surface area contributed by atoms with Crippen molar-refractivity contribution in [2.75, 3.05) is 0 Å². The van der Waals surface area contributed by atoms with Crippen LogP contribution in [0.25, 0.3) is 0 Å². The first-order valence-corrected chi connectivity index (χ1v) is 11.5. The second kappa shape index (κ2) is 6.92. The number of carboxylic acids is 1. The maximum atomic E-state index is 13.1. The maximum Gasteiger partial charge on any atom is 0.311 e. The van der Waals surface area contributed by atoms with Crippen LogP contribution in [0, 0.1) is 23.7 Å². The predicted octanol–water partition coefficient (Wildman–Crippen LogP) is 2.30. The van der Waals surface area contributed by atoms with Crippen LogP contribution in [0.5, 0.6) is 0 Å². The lowest BCUT2D eigenvalue weighted by atomic mass is 9.78. The predicted molar refractivity (Wildman–Crippen MR) is 99.0 cm³/mol. The maximum absolute atomic E-state index is 13.1. The number of rotatable bonds is 6. The highest BCUT2D eigenvalue weighted by Gasteiger charge is 2.58. The van der Waals surface area contributed by atoms with Crippen LogP contribution in [0.2, 0.25) is 0 Å². The minimum Gasteiger partial charge on any atom is -0.481 e. The number of epoxide rings is 3. The number of hydrogen-bond donors (Lipinski definition) is 1. The molecule has 6 rings (SSSR count). The van der Waals surface area contributed by atoms with E-state index in [1.54, 1.807) is 0 Å². The van der Waals surface area contributed by atoms with Gasteiger partial charge in [0.25, 0.3) is 0 Å². The summed E-state index contributed by atoms with van der Waals surface area (Å²) in [6, 6.07) is 0. The Bertz CT molecular complexity index is 695. The molecule has 0 bridgehead atoms. The molecule has 0 aromatic rings. The fourth-order valence-electron chi connectivity index (χ4n) is 6.43. The zero-order valence-electron chi connectivity index (χ0n) is 16.6. The van der Waals surface area contributed by atoms with Crippen molar-refractivity contribution in [3.05, 3.63) is 0 Å². The SMILES string of the molecule is O=C(O)C1CCC(C(=O)OC(CC2CCCC3OC23)C2CCC3OC3C2)C2OC12. The van der Waals surface area contributed by atoms with E-state index < -0.39 is 11.9 Å². The zero-order chi connectivity index (χ0) is 19.7. The van der Waals surface area contributed by atoms with E-state index in [0.29, 0.717) is 49.1 Å². The molecule has 11 atom stereocenters. The van der Waals surface area contributed by atoms with Crippen molar-refractivity contribution in [2.24, 2.45) is 23.7 Å². The number of carboxylic acid groups (broad SMARTS) is 1. The molecule has 3 saturated heterocycles. The molecule has 29 heavy (non-hydrogen) atoms. The smallest absolute Gasteiger partial charge is 0.311 e. The molecular weight excluding hydrogens is 376 g/mol. The van der Waals surface area contributed by atoms with Crippen LogP contribution >= 0.6 is 0 Å². The van der Waals surface area contributed by atoms with Crippen LogP contribution in [-0.2, 0) is 28.5 Å². The van der Waals surface area contributed by atoms with Gasteiger partial charge in [0.2, 0.25) is 0 Å². The molecule has 3 aliphatic heterocycles. The molecule has 6 aliphatic rings. The third-order valence-corrected chi connectivity index (χ3v) is 8.29. The molecule has 3 saturated carbocycles. The summed E-state index contributed by atoms with van der Waals surface area (Å²) >= 11 is 0. The number of hydrogen-bond acceptors (Lipinski definition) is 6. The standard InChI is InChI=1S/C22H30O7/c23-21(24)12-5-6-13(20-19(12)29-20)22(25)28-16(10-4-7-14-17(8-10)26-14)9-11-2-1-3-15-18(11)27-15/h10-20H,1-9H2,(H,23,24). The fourth-order valence-corrected chi connectivity index (χ4v) is 6.43. The number of fused-ring (bicyclic) bond motifs is 3. The summed E-state index contributed by atoms with van der Waals surface area (Å²) in [5.41, 5.74) is 0. The molecule has 6 fully saturated rings. The first kappa shape index (κ1) is 18.6. The van der Waals surface area contributed by atoms with Crippen LogP contribution in [0.3, 0.4) is 0 Å². The third-order valence-electron chi connectivity index (χ3n) is 8.29. The van der Waals surface area contributed by atoms with Crippen LogP contribution < -0.4 is 0 Å². The van der Waals surface area contributed by atoms with Gasteiger partial charge in [0.05, 0.1) is 48.5 Å². The molecule has 7 heteroatoms. The van der Waals surface area contributed by atoms with Crippen LogP contribution in [0.15, 0.2) is 0 Å². The van der Waals surface area contributed by atoms with E-state index >= 15 is 0 Å². The molecule has 11 unspecified atom stereocenters. The van der Waals surface area contributed by atoms with E-state index in [4.69, 9.17) is 18.9 Å². The summed E-state index contributed by atoms with van der Waals surface area (Å²) in [6.45, 7) is 0. The Morgan fingerprint density at radius 3 is 2.52 bits per heavy atom. The van der Waals surface area contributed by atoms with Crippen molar-refractivity contribution < 1.29 is 33.6 Å². The van der Waals surface area contributed by atoms with E-state index in [0.717, 1.165) is 32.1 Å². The van der Waals surface area contributed by atoms with Gasteiger partial charge in [-0.2, -0.15) is 0 Å². The summed E-state index contributed by atoms with van der Waals surface area (Å²) in [4.78, 5) is 24.4. The number of esters is 1. The monoisotopic (exact) mass is 406 g/mol. The van der Waals surface area contributed by atoms with Gasteiger partial charge in [-0.05, 0) is 63.2 Å². The van der Waals surface area contributed by atoms with Gasteiger partial charge < -0.3 is 24.1 Å².